The molecule has 2 heterocycles. The first-order valence-electron chi connectivity index (χ1n) is 10.2. The van der Waals surface area contributed by atoms with Crippen molar-refractivity contribution in [1.82, 2.24) is 4.57 Å². The van der Waals surface area contributed by atoms with Crippen LogP contribution in [-0.2, 0) is 5.60 Å². The summed E-state index contributed by atoms with van der Waals surface area (Å²) in [6.45, 7) is 0. The third-order valence-corrected chi connectivity index (χ3v) is 6.89. The Labute approximate surface area is 169 Å². The summed E-state index contributed by atoms with van der Waals surface area (Å²) in [5.74, 6) is -0.440. The number of rotatable bonds is 2. The first-order chi connectivity index (χ1) is 14.2. The van der Waals surface area contributed by atoms with Gasteiger partial charge in [0.15, 0.2) is 0 Å². The molecule has 0 amide bonds. The van der Waals surface area contributed by atoms with E-state index in [9.17, 15) is 9.90 Å². The van der Waals surface area contributed by atoms with Gasteiger partial charge >= 0.3 is 0 Å². The molecule has 0 bridgehead atoms. The van der Waals surface area contributed by atoms with Gasteiger partial charge in [0.05, 0.1) is 17.1 Å². The second-order valence-electron chi connectivity index (χ2n) is 8.32. The number of benzene rings is 3. The Balaban J connectivity index is 1.58. The average Bonchev–Trinajstić information content (AvgIpc) is 3.37. The van der Waals surface area contributed by atoms with E-state index < -0.39 is 11.5 Å². The number of carbonyl (C=O) groups excluding carboxylic acids is 1. The molecule has 1 fully saturated rings. The van der Waals surface area contributed by atoms with Crippen LogP contribution in [-0.4, -0.2) is 15.6 Å². The Morgan fingerprint density at radius 2 is 1.45 bits per heavy atom. The third kappa shape index (κ3) is 2.19. The summed E-state index contributed by atoms with van der Waals surface area (Å²) in [6.07, 6.45) is 0.545. The Morgan fingerprint density at radius 1 is 0.828 bits per heavy atom. The van der Waals surface area contributed by atoms with E-state index in [0.717, 1.165) is 22.2 Å². The number of hydrogen-bond donors (Lipinski definition) is 1. The van der Waals surface area contributed by atoms with Crippen molar-refractivity contribution in [2.75, 3.05) is 0 Å². The summed E-state index contributed by atoms with van der Waals surface area (Å²) in [5, 5.41) is 13.0. The van der Waals surface area contributed by atoms with Crippen molar-refractivity contribution in [3.05, 3.63) is 108 Å². The second kappa shape index (κ2) is 5.91. The van der Waals surface area contributed by atoms with E-state index in [1.165, 1.54) is 5.56 Å². The Morgan fingerprint density at radius 3 is 2.17 bits per heavy atom. The Bertz CT molecular complexity index is 1230. The fraction of sp³-hybridized carbons (Fsp3) is 0.192. The zero-order valence-electron chi connectivity index (χ0n) is 15.9. The maximum atomic E-state index is 13.7. The van der Waals surface area contributed by atoms with Crippen LogP contribution in [0.2, 0.25) is 0 Å². The van der Waals surface area contributed by atoms with Crippen molar-refractivity contribution in [2.24, 2.45) is 5.92 Å². The van der Waals surface area contributed by atoms with Gasteiger partial charge in [-0.1, -0.05) is 78.9 Å². The van der Waals surface area contributed by atoms with Crippen molar-refractivity contribution in [2.45, 2.75) is 23.9 Å². The van der Waals surface area contributed by atoms with E-state index in [-0.39, 0.29) is 17.7 Å². The van der Waals surface area contributed by atoms with E-state index >= 15 is 0 Å². The molecular formula is C26H21NO2. The Kier molecular flexibility index (Phi) is 3.42. The van der Waals surface area contributed by atoms with Gasteiger partial charge in [-0.25, -0.2) is 0 Å². The molecule has 1 saturated carbocycles. The molecule has 6 rings (SSSR count). The summed E-state index contributed by atoms with van der Waals surface area (Å²) in [7, 11) is 0. The maximum absolute atomic E-state index is 13.7. The monoisotopic (exact) mass is 379 g/mol. The fourth-order valence-electron chi connectivity index (χ4n) is 5.72. The van der Waals surface area contributed by atoms with Crippen molar-refractivity contribution >= 4 is 16.8 Å². The second-order valence-corrected chi connectivity index (χ2v) is 8.32. The molecule has 1 aliphatic carbocycles. The molecule has 3 aromatic carbocycles. The number of carbonyl (C=O) groups is 1. The fourth-order valence-corrected chi connectivity index (χ4v) is 5.72. The molecule has 29 heavy (non-hydrogen) atoms. The van der Waals surface area contributed by atoms with E-state index in [1.807, 2.05) is 66.7 Å². The summed E-state index contributed by atoms with van der Waals surface area (Å²) >= 11 is 0. The minimum atomic E-state index is -1.16. The van der Waals surface area contributed by atoms with Gasteiger partial charge in [-0.2, -0.15) is 0 Å². The molecule has 1 aliphatic heterocycles. The molecule has 0 unspecified atom stereocenters. The van der Waals surface area contributed by atoms with Gasteiger partial charge in [0.25, 0.3) is 0 Å². The van der Waals surface area contributed by atoms with Crippen molar-refractivity contribution in [3.63, 3.8) is 0 Å². The summed E-state index contributed by atoms with van der Waals surface area (Å²) < 4.78 is 1.76. The lowest BCUT2D eigenvalue weighted by molar-refractivity contribution is 0.00989. The van der Waals surface area contributed by atoms with Gasteiger partial charge in [-0.3, -0.25) is 9.36 Å². The van der Waals surface area contributed by atoms with Crippen LogP contribution in [0.3, 0.4) is 0 Å². The number of aromatic nitrogens is 1. The van der Waals surface area contributed by atoms with Gasteiger partial charge in [0.2, 0.25) is 5.91 Å². The molecule has 4 aromatic rings. The van der Waals surface area contributed by atoms with Crippen LogP contribution in [0.15, 0.2) is 91.0 Å². The predicted molar refractivity (Wildman–Crippen MR) is 113 cm³/mol. The minimum Gasteiger partial charge on any atom is -0.383 e. The van der Waals surface area contributed by atoms with Crippen LogP contribution in [0.5, 0.6) is 0 Å². The molecule has 2 aliphatic rings. The highest BCUT2D eigenvalue weighted by Crippen LogP contribution is 2.62. The number of hydrogen-bond acceptors (Lipinski definition) is 2. The summed E-state index contributed by atoms with van der Waals surface area (Å²) in [5.41, 5.74) is 2.77. The van der Waals surface area contributed by atoms with E-state index in [1.54, 1.807) is 4.57 Å². The van der Waals surface area contributed by atoms with Crippen molar-refractivity contribution in [1.29, 1.82) is 0 Å². The normalized spacial score (nSPS) is 27.9. The highest BCUT2D eigenvalue weighted by atomic mass is 16.3. The zero-order valence-corrected chi connectivity index (χ0v) is 15.9. The van der Waals surface area contributed by atoms with Crippen LogP contribution >= 0.6 is 0 Å². The lowest BCUT2D eigenvalue weighted by Crippen LogP contribution is -2.31. The number of nitrogens with zero attached hydrogens (tertiary/aromatic N) is 1. The molecule has 3 nitrogen and oxygen atoms in total. The zero-order chi connectivity index (χ0) is 19.6. The van der Waals surface area contributed by atoms with Gasteiger partial charge in [-0.05, 0) is 35.6 Å². The molecule has 0 spiro atoms. The summed E-state index contributed by atoms with van der Waals surface area (Å²) in [6, 6.07) is 30.4. The molecule has 0 radical (unpaired) electrons. The average molecular weight is 379 g/mol. The topological polar surface area (TPSA) is 42.2 Å². The standard InChI is InChI=1S/C26H21NO2/c28-25-24-23(18-11-5-2-6-12-18)20(17-9-3-1-4-10-17)16-26(24,29)22-15-19-13-7-8-14-21(19)27(22)25/h1-15,20,23-24,29H,16H2/t20-,23-,24-,26-/m1/s1. The number of para-hydroxylation sites is 1. The van der Waals surface area contributed by atoms with Crippen LogP contribution in [0.1, 0.15) is 39.9 Å². The van der Waals surface area contributed by atoms with Gasteiger partial charge in [0.1, 0.15) is 5.60 Å². The number of aliphatic hydroxyl groups is 1. The highest BCUT2D eigenvalue weighted by Gasteiger charge is 2.63. The van der Waals surface area contributed by atoms with Crippen molar-refractivity contribution < 1.29 is 9.90 Å². The quantitative estimate of drug-likeness (QED) is 0.528. The highest BCUT2D eigenvalue weighted by molar-refractivity contribution is 5.99. The van der Waals surface area contributed by atoms with Crippen molar-refractivity contribution in [3.8, 4) is 0 Å². The van der Waals surface area contributed by atoms with Gasteiger partial charge < -0.3 is 5.11 Å². The lowest BCUT2D eigenvalue weighted by Gasteiger charge is -2.25. The van der Waals surface area contributed by atoms with Crippen LogP contribution in [0, 0.1) is 5.92 Å². The predicted octanol–water partition coefficient (Wildman–Crippen LogP) is 5.07. The maximum Gasteiger partial charge on any atom is 0.238 e. The third-order valence-electron chi connectivity index (χ3n) is 6.89. The molecule has 3 heteroatoms. The lowest BCUT2D eigenvalue weighted by atomic mass is 9.78. The van der Waals surface area contributed by atoms with Gasteiger partial charge in [0, 0.05) is 11.3 Å². The SMILES string of the molecule is O=C1[C@H]2[C@H](c3ccccc3)[C@@H](c3ccccc3)C[C@@]2(O)c2cc3ccccc3n21. The molecule has 142 valence electrons. The molecule has 0 saturated heterocycles. The molecular weight excluding hydrogens is 358 g/mol. The molecule has 1 aromatic heterocycles. The largest absolute Gasteiger partial charge is 0.383 e. The minimum absolute atomic E-state index is 0.0102. The smallest absolute Gasteiger partial charge is 0.238 e. The molecule has 4 atom stereocenters. The number of fused-ring (bicyclic) bond motifs is 5. The van der Waals surface area contributed by atoms with E-state index in [2.05, 4.69) is 24.3 Å². The van der Waals surface area contributed by atoms with Gasteiger partial charge in [-0.15, -0.1) is 0 Å². The first kappa shape index (κ1) is 16.8. The van der Waals surface area contributed by atoms with E-state index in [4.69, 9.17) is 0 Å². The van der Waals surface area contributed by atoms with Crippen LogP contribution in [0.4, 0.5) is 0 Å². The Hall–Kier alpha value is -3.17. The first-order valence-corrected chi connectivity index (χ1v) is 10.2. The summed E-state index contributed by atoms with van der Waals surface area (Å²) in [4.78, 5) is 13.7. The molecule has 1 N–H and O–H groups in total. The van der Waals surface area contributed by atoms with Crippen LogP contribution in [0.25, 0.3) is 10.9 Å². The van der Waals surface area contributed by atoms with E-state index in [0.29, 0.717) is 6.42 Å². The van der Waals surface area contributed by atoms with Crippen LogP contribution < -0.4 is 0 Å².